The molecule has 0 bridgehead atoms. The van der Waals surface area contributed by atoms with Crippen molar-refractivity contribution in [1.29, 1.82) is 0 Å². The Labute approximate surface area is 136 Å². The summed E-state index contributed by atoms with van der Waals surface area (Å²) < 4.78 is 0. The number of imidazole rings is 1. The second-order valence-corrected chi connectivity index (χ2v) is 4.98. The Balaban J connectivity index is 1.65. The van der Waals surface area contributed by atoms with Crippen molar-refractivity contribution in [1.82, 2.24) is 9.97 Å². The number of nitrogens with two attached hydrogens (primary N) is 1. The molecule has 1 heterocycles. The minimum Gasteiger partial charge on any atom is -0.366 e. The quantitative estimate of drug-likeness (QED) is 0.540. The number of amides is 3. The van der Waals surface area contributed by atoms with Crippen molar-refractivity contribution in [2.45, 2.75) is 0 Å². The highest BCUT2D eigenvalue weighted by Crippen LogP contribution is 2.15. The van der Waals surface area contributed by atoms with Gasteiger partial charge in [0.2, 0.25) is 5.91 Å². The summed E-state index contributed by atoms with van der Waals surface area (Å²) in [7, 11) is 0. The molecule has 3 aromatic rings. The van der Waals surface area contributed by atoms with Crippen LogP contribution in [0.25, 0.3) is 11.0 Å². The average Bonchev–Trinajstić information content (AvgIpc) is 3.03. The van der Waals surface area contributed by atoms with Gasteiger partial charge in [-0.05, 0) is 42.5 Å². The normalized spacial score (nSPS) is 10.3. The molecular weight excluding hydrogens is 310 g/mol. The largest absolute Gasteiger partial charge is 0.366 e. The summed E-state index contributed by atoms with van der Waals surface area (Å²) in [5, 5.41) is 4.94. The number of nitrogens with one attached hydrogen (secondary N) is 3. The number of hydrogen-bond donors (Lipinski definition) is 4. The maximum Gasteiger partial charge on any atom is 0.314 e. The summed E-state index contributed by atoms with van der Waals surface area (Å²) in [5.41, 5.74) is 7.79. The van der Waals surface area contributed by atoms with Crippen LogP contribution < -0.4 is 16.4 Å². The smallest absolute Gasteiger partial charge is 0.314 e. The monoisotopic (exact) mass is 323 g/mol. The van der Waals surface area contributed by atoms with Crippen LogP contribution in [0.4, 0.5) is 11.4 Å². The SMILES string of the molecule is NC(=O)c1ccc(NC(=O)C(=O)Nc2ccc3nc[nH]c3c2)cc1. The maximum absolute atomic E-state index is 11.9. The number of nitrogens with zero attached hydrogens (tertiary/aromatic N) is 1. The highest BCUT2D eigenvalue weighted by atomic mass is 16.2. The van der Waals surface area contributed by atoms with E-state index in [2.05, 4.69) is 20.6 Å². The molecule has 0 fully saturated rings. The van der Waals surface area contributed by atoms with Gasteiger partial charge >= 0.3 is 11.8 Å². The van der Waals surface area contributed by atoms with E-state index in [0.29, 0.717) is 16.9 Å². The van der Waals surface area contributed by atoms with Gasteiger partial charge in [0.25, 0.3) is 0 Å². The van der Waals surface area contributed by atoms with E-state index in [1.54, 1.807) is 24.5 Å². The van der Waals surface area contributed by atoms with Crippen LogP contribution in [0.1, 0.15) is 10.4 Å². The van der Waals surface area contributed by atoms with Gasteiger partial charge in [-0.15, -0.1) is 0 Å². The molecule has 0 saturated heterocycles. The second-order valence-electron chi connectivity index (χ2n) is 4.98. The summed E-state index contributed by atoms with van der Waals surface area (Å²) in [6.45, 7) is 0. The summed E-state index contributed by atoms with van der Waals surface area (Å²) >= 11 is 0. The van der Waals surface area contributed by atoms with Gasteiger partial charge in [-0.1, -0.05) is 0 Å². The van der Waals surface area contributed by atoms with E-state index < -0.39 is 17.7 Å². The van der Waals surface area contributed by atoms with Crippen molar-refractivity contribution in [2.24, 2.45) is 5.73 Å². The van der Waals surface area contributed by atoms with E-state index in [1.165, 1.54) is 24.3 Å². The average molecular weight is 323 g/mol. The Morgan fingerprint density at radius 2 is 1.54 bits per heavy atom. The van der Waals surface area contributed by atoms with Gasteiger partial charge < -0.3 is 21.4 Å². The zero-order valence-electron chi connectivity index (χ0n) is 12.4. The van der Waals surface area contributed by atoms with E-state index in [0.717, 1.165) is 11.0 Å². The highest BCUT2D eigenvalue weighted by molar-refractivity contribution is 6.43. The van der Waals surface area contributed by atoms with Gasteiger partial charge in [0.15, 0.2) is 0 Å². The predicted molar refractivity (Wildman–Crippen MR) is 88.3 cm³/mol. The van der Waals surface area contributed by atoms with Crippen LogP contribution >= 0.6 is 0 Å². The molecule has 0 saturated carbocycles. The molecule has 2 aromatic carbocycles. The molecule has 0 aliphatic heterocycles. The van der Waals surface area contributed by atoms with Gasteiger partial charge in [0.1, 0.15) is 0 Å². The summed E-state index contributed by atoms with van der Waals surface area (Å²) in [6, 6.07) is 10.9. The molecule has 24 heavy (non-hydrogen) atoms. The van der Waals surface area contributed by atoms with Crippen molar-refractivity contribution in [3.63, 3.8) is 0 Å². The molecule has 0 atom stereocenters. The molecule has 0 unspecified atom stereocenters. The number of aromatic amines is 1. The fraction of sp³-hybridized carbons (Fsp3) is 0. The first-order valence-electron chi connectivity index (χ1n) is 6.98. The number of aromatic nitrogens is 2. The Kier molecular flexibility index (Phi) is 3.94. The maximum atomic E-state index is 11.9. The first kappa shape index (κ1) is 15.2. The number of carbonyl (C=O) groups excluding carboxylic acids is 3. The second kappa shape index (κ2) is 6.21. The van der Waals surface area contributed by atoms with Crippen LogP contribution in [0, 0.1) is 0 Å². The molecule has 0 spiro atoms. The third kappa shape index (κ3) is 3.22. The molecule has 3 amide bonds. The first-order valence-corrected chi connectivity index (χ1v) is 6.98. The summed E-state index contributed by atoms with van der Waals surface area (Å²) in [4.78, 5) is 41.8. The number of anilines is 2. The zero-order chi connectivity index (χ0) is 17.1. The molecule has 120 valence electrons. The number of rotatable bonds is 3. The molecule has 0 aliphatic rings. The van der Waals surface area contributed by atoms with Gasteiger partial charge in [-0.2, -0.15) is 0 Å². The predicted octanol–water partition coefficient (Wildman–Crippen LogP) is 1.24. The minimum atomic E-state index is -0.827. The van der Waals surface area contributed by atoms with Crippen LogP contribution in [0.2, 0.25) is 0 Å². The van der Waals surface area contributed by atoms with Gasteiger partial charge in [0, 0.05) is 16.9 Å². The lowest BCUT2D eigenvalue weighted by atomic mass is 10.2. The third-order valence-electron chi connectivity index (χ3n) is 3.31. The number of benzene rings is 2. The minimum absolute atomic E-state index is 0.310. The van der Waals surface area contributed by atoms with Gasteiger partial charge in [-0.25, -0.2) is 4.98 Å². The number of primary amides is 1. The van der Waals surface area contributed by atoms with Crippen molar-refractivity contribution in [2.75, 3.05) is 10.6 Å². The Morgan fingerprint density at radius 1 is 0.917 bits per heavy atom. The molecule has 1 aromatic heterocycles. The van der Waals surface area contributed by atoms with Crippen molar-refractivity contribution < 1.29 is 14.4 Å². The molecule has 8 nitrogen and oxygen atoms in total. The fourth-order valence-corrected chi connectivity index (χ4v) is 2.11. The topological polar surface area (TPSA) is 130 Å². The van der Waals surface area contributed by atoms with Gasteiger partial charge in [-0.3, -0.25) is 14.4 Å². The third-order valence-corrected chi connectivity index (χ3v) is 3.31. The van der Waals surface area contributed by atoms with E-state index in [4.69, 9.17) is 5.73 Å². The summed E-state index contributed by atoms with van der Waals surface area (Å²) in [5.74, 6) is -2.21. The van der Waals surface area contributed by atoms with Crippen LogP contribution in [-0.2, 0) is 9.59 Å². The lowest BCUT2D eigenvalue weighted by molar-refractivity contribution is -0.132. The van der Waals surface area contributed by atoms with Crippen molar-refractivity contribution in [3.05, 3.63) is 54.4 Å². The standard InChI is InChI=1S/C16H13N5O3/c17-14(22)9-1-3-10(4-2-9)20-15(23)16(24)21-11-5-6-12-13(7-11)19-8-18-12/h1-8H,(H2,17,22)(H,18,19)(H,20,23)(H,21,24). The summed E-state index contributed by atoms with van der Waals surface area (Å²) in [6.07, 6.45) is 1.54. The van der Waals surface area contributed by atoms with Crippen LogP contribution in [0.5, 0.6) is 0 Å². The molecular formula is C16H13N5O3. The number of fused-ring (bicyclic) bond motifs is 1. The van der Waals surface area contributed by atoms with Crippen LogP contribution in [-0.4, -0.2) is 27.7 Å². The highest BCUT2D eigenvalue weighted by Gasteiger charge is 2.14. The number of H-pyrrole nitrogens is 1. The molecule has 8 heteroatoms. The van der Waals surface area contributed by atoms with Crippen LogP contribution in [0.15, 0.2) is 48.8 Å². The first-order chi connectivity index (χ1) is 11.5. The molecule has 3 rings (SSSR count). The Morgan fingerprint density at radius 3 is 2.21 bits per heavy atom. The lowest BCUT2D eigenvalue weighted by Gasteiger charge is -2.07. The van der Waals surface area contributed by atoms with E-state index in [-0.39, 0.29) is 0 Å². The molecule has 0 radical (unpaired) electrons. The number of carbonyl (C=O) groups is 3. The van der Waals surface area contributed by atoms with E-state index in [9.17, 15) is 14.4 Å². The van der Waals surface area contributed by atoms with Gasteiger partial charge in [0.05, 0.1) is 17.4 Å². The molecule has 0 aliphatic carbocycles. The lowest BCUT2D eigenvalue weighted by Crippen LogP contribution is -2.29. The van der Waals surface area contributed by atoms with E-state index >= 15 is 0 Å². The zero-order valence-corrected chi connectivity index (χ0v) is 12.4. The van der Waals surface area contributed by atoms with E-state index in [1.807, 2.05) is 0 Å². The van der Waals surface area contributed by atoms with Crippen LogP contribution in [0.3, 0.4) is 0 Å². The Hall–Kier alpha value is -3.68. The van der Waals surface area contributed by atoms with Crippen molar-refractivity contribution in [3.8, 4) is 0 Å². The molecule has 5 N–H and O–H groups in total. The Bertz CT molecular complexity index is 930. The number of hydrogen-bond acceptors (Lipinski definition) is 4. The fourth-order valence-electron chi connectivity index (χ4n) is 2.11. The van der Waals surface area contributed by atoms with Crippen molar-refractivity contribution >= 4 is 40.1 Å².